The number of pyridine rings is 1. The lowest BCUT2D eigenvalue weighted by Gasteiger charge is -2.26. The van der Waals surface area contributed by atoms with Gasteiger partial charge < -0.3 is 9.84 Å². The number of carbonyl (C=O) groups is 2. The average Bonchev–Trinajstić information content (AvgIpc) is 3.07. The molecule has 1 aliphatic heterocycles. The quantitative estimate of drug-likeness (QED) is 0.341. The van der Waals surface area contributed by atoms with Crippen molar-refractivity contribution in [3.8, 4) is 5.75 Å². The van der Waals surface area contributed by atoms with Gasteiger partial charge in [0, 0.05) is 17.4 Å². The van der Waals surface area contributed by atoms with Crippen LogP contribution in [0.25, 0.3) is 5.76 Å². The first-order valence-electron chi connectivity index (χ1n) is 10.9. The first-order chi connectivity index (χ1) is 15.8. The Morgan fingerprint density at radius 1 is 1.03 bits per heavy atom. The fourth-order valence-corrected chi connectivity index (χ4v) is 4.15. The molecule has 0 aliphatic carbocycles. The summed E-state index contributed by atoms with van der Waals surface area (Å²) in [5.74, 6) is -0.965. The van der Waals surface area contributed by atoms with Crippen molar-refractivity contribution in [3.05, 3.63) is 94.3 Å². The third-order valence-electron chi connectivity index (χ3n) is 5.78. The van der Waals surface area contributed by atoms with Crippen LogP contribution in [-0.4, -0.2) is 28.4 Å². The van der Waals surface area contributed by atoms with E-state index in [0.29, 0.717) is 29.3 Å². The number of amides is 1. The van der Waals surface area contributed by atoms with E-state index in [4.69, 9.17) is 4.74 Å². The van der Waals surface area contributed by atoms with Crippen LogP contribution in [0.15, 0.2) is 66.4 Å². The summed E-state index contributed by atoms with van der Waals surface area (Å²) in [7, 11) is 0. The van der Waals surface area contributed by atoms with Crippen LogP contribution < -0.4 is 9.64 Å². The average molecular weight is 443 g/mol. The number of hydrogen-bond acceptors (Lipinski definition) is 5. The summed E-state index contributed by atoms with van der Waals surface area (Å²) in [6, 6.07) is 15.4. The molecule has 1 N–H and O–H groups in total. The first kappa shape index (κ1) is 22.3. The summed E-state index contributed by atoms with van der Waals surface area (Å²) in [4.78, 5) is 32.4. The number of anilines is 1. The molecule has 168 valence electrons. The number of nitrogens with zero attached hydrogens (tertiary/aromatic N) is 2. The summed E-state index contributed by atoms with van der Waals surface area (Å²) in [5.41, 5.74) is 4.20. The molecule has 3 aromatic rings. The Morgan fingerprint density at radius 2 is 1.82 bits per heavy atom. The van der Waals surface area contributed by atoms with Crippen molar-refractivity contribution in [3.63, 3.8) is 0 Å². The van der Waals surface area contributed by atoms with Crippen molar-refractivity contribution >= 4 is 23.1 Å². The van der Waals surface area contributed by atoms with Gasteiger partial charge in [0.2, 0.25) is 0 Å². The lowest BCUT2D eigenvalue weighted by molar-refractivity contribution is -0.132. The van der Waals surface area contributed by atoms with Crippen LogP contribution in [0.3, 0.4) is 0 Å². The Hall–Kier alpha value is -3.93. The largest absolute Gasteiger partial charge is 0.507 e. The van der Waals surface area contributed by atoms with E-state index in [-0.39, 0.29) is 11.3 Å². The van der Waals surface area contributed by atoms with E-state index in [1.165, 1.54) is 4.90 Å². The van der Waals surface area contributed by atoms with Gasteiger partial charge in [0.25, 0.3) is 11.7 Å². The van der Waals surface area contributed by atoms with Crippen molar-refractivity contribution in [2.45, 2.75) is 33.7 Å². The van der Waals surface area contributed by atoms with Crippen LogP contribution in [0.2, 0.25) is 0 Å². The smallest absolute Gasteiger partial charge is 0.300 e. The second kappa shape index (κ2) is 8.90. The molecule has 1 atom stereocenters. The van der Waals surface area contributed by atoms with Crippen LogP contribution in [-0.2, 0) is 9.59 Å². The van der Waals surface area contributed by atoms with Crippen LogP contribution in [0, 0.1) is 20.8 Å². The van der Waals surface area contributed by atoms with E-state index in [1.807, 2.05) is 45.9 Å². The zero-order valence-electron chi connectivity index (χ0n) is 19.1. The molecule has 1 amide bonds. The molecular weight excluding hydrogens is 416 g/mol. The van der Waals surface area contributed by atoms with E-state index >= 15 is 0 Å². The van der Waals surface area contributed by atoms with Crippen LogP contribution in [0.1, 0.15) is 40.9 Å². The zero-order chi connectivity index (χ0) is 23.7. The lowest BCUT2D eigenvalue weighted by Crippen LogP contribution is -2.30. The predicted molar refractivity (Wildman–Crippen MR) is 127 cm³/mol. The molecule has 33 heavy (non-hydrogen) atoms. The Kier molecular flexibility index (Phi) is 6.01. The predicted octanol–water partition coefficient (Wildman–Crippen LogP) is 5.03. The number of benzene rings is 2. The fourth-order valence-electron chi connectivity index (χ4n) is 4.15. The number of aliphatic hydroxyl groups excluding tert-OH is 1. The van der Waals surface area contributed by atoms with Gasteiger partial charge in [-0.2, -0.15) is 0 Å². The molecule has 0 spiro atoms. The zero-order valence-corrected chi connectivity index (χ0v) is 19.1. The number of aliphatic hydroxyl groups is 1. The molecule has 0 bridgehead atoms. The molecule has 1 aromatic heterocycles. The number of aromatic nitrogens is 1. The number of ketones is 1. The minimum Gasteiger partial charge on any atom is -0.507 e. The molecule has 1 saturated heterocycles. The van der Waals surface area contributed by atoms with Gasteiger partial charge in [-0.25, -0.2) is 0 Å². The van der Waals surface area contributed by atoms with Crippen molar-refractivity contribution in [2.75, 3.05) is 11.5 Å². The highest BCUT2D eigenvalue weighted by atomic mass is 16.5. The second-order valence-corrected chi connectivity index (χ2v) is 8.13. The molecule has 6 nitrogen and oxygen atoms in total. The van der Waals surface area contributed by atoms with Gasteiger partial charge in [-0.05, 0) is 80.8 Å². The number of hydrogen-bond donors (Lipinski definition) is 1. The number of carbonyl (C=O) groups excluding carboxylic acids is 2. The minimum atomic E-state index is -0.849. The van der Waals surface area contributed by atoms with Crippen LogP contribution in [0.5, 0.6) is 5.75 Å². The highest BCUT2D eigenvalue weighted by Crippen LogP contribution is 2.42. The van der Waals surface area contributed by atoms with E-state index in [0.717, 1.165) is 16.7 Å². The molecule has 6 heteroatoms. The molecule has 0 radical (unpaired) electrons. The SMILES string of the molecule is CCOc1ccc(/C(O)=C2/C(=O)C(=O)N(c3cc(C)ccc3C)C2c2ccccn2)cc1C. The normalized spacial score (nSPS) is 17.5. The maximum absolute atomic E-state index is 13.3. The molecule has 2 aromatic carbocycles. The summed E-state index contributed by atoms with van der Waals surface area (Å²) in [6.07, 6.45) is 1.61. The van der Waals surface area contributed by atoms with E-state index in [1.54, 1.807) is 42.6 Å². The summed E-state index contributed by atoms with van der Waals surface area (Å²) in [6.45, 7) is 8.10. The van der Waals surface area contributed by atoms with Crippen LogP contribution >= 0.6 is 0 Å². The van der Waals surface area contributed by atoms with Gasteiger partial charge in [-0.1, -0.05) is 18.2 Å². The third kappa shape index (κ3) is 4.00. The third-order valence-corrected chi connectivity index (χ3v) is 5.78. The maximum Gasteiger partial charge on any atom is 0.300 e. The summed E-state index contributed by atoms with van der Waals surface area (Å²) in [5, 5.41) is 11.3. The molecule has 4 rings (SSSR count). The molecule has 2 heterocycles. The molecule has 1 fully saturated rings. The number of Topliss-reactive ketones (excluding diaryl/α,β-unsaturated/α-hetero) is 1. The van der Waals surface area contributed by atoms with Gasteiger partial charge in [0.15, 0.2) is 0 Å². The van der Waals surface area contributed by atoms with Gasteiger partial charge in [-0.3, -0.25) is 19.5 Å². The Labute approximate surface area is 193 Å². The van der Waals surface area contributed by atoms with Gasteiger partial charge in [0.1, 0.15) is 17.6 Å². The van der Waals surface area contributed by atoms with E-state index in [2.05, 4.69) is 4.98 Å². The Balaban J connectivity index is 1.93. The van der Waals surface area contributed by atoms with Crippen molar-refractivity contribution in [1.82, 2.24) is 4.98 Å². The second-order valence-electron chi connectivity index (χ2n) is 8.13. The lowest BCUT2D eigenvalue weighted by atomic mass is 9.97. The van der Waals surface area contributed by atoms with E-state index in [9.17, 15) is 14.7 Å². The maximum atomic E-state index is 13.3. The van der Waals surface area contributed by atoms with Gasteiger partial charge in [0.05, 0.1) is 17.9 Å². The Bertz CT molecular complexity index is 1260. The van der Waals surface area contributed by atoms with Crippen LogP contribution in [0.4, 0.5) is 5.69 Å². The van der Waals surface area contributed by atoms with Crippen molar-refractivity contribution in [1.29, 1.82) is 0 Å². The van der Waals surface area contributed by atoms with Crippen molar-refractivity contribution in [2.24, 2.45) is 0 Å². The van der Waals surface area contributed by atoms with Crippen molar-refractivity contribution < 1.29 is 19.4 Å². The summed E-state index contributed by atoms with van der Waals surface area (Å²) < 4.78 is 5.59. The number of rotatable bonds is 5. The minimum absolute atomic E-state index is 0.0168. The van der Waals surface area contributed by atoms with Gasteiger partial charge >= 0.3 is 0 Å². The summed E-state index contributed by atoms with van der Waals surface area (Å²) >= 11 is 0. The molecule has 1 unspecified atom stereocenters. The monoisotopic (exact) mass is 442 g/mol. The topological polar surface area (TPSA) is 79.7 Å². The van der Waals surface area contributed by atoms with E-state index < -0.39 is 17.7 Å². The number of aryl methyl sites for hydroxylation is 3. The first-order valence-corrected chi connectivity index (χ1v) is 10.9. The Morgan fingerprint density at radius 3 is 2.48 bits per heavy atom. The highest BCUT2D eigenvalue weighted by molar-refractivity contribution is 6.51. The van der Waals surface area contributed by atoms with Gasteiger partial charge in [-0.15, -0.1) is 0 Å². The number of ether oxygens (including phenoxy) is 1. The fraction of sp³-hybridized carbons (Fsp3) is 0.222. The molecule has 1 aliphatic rings. The molecule has 0 saturated carbocycles. The molecular formula is C27H26N2O4. The highest BCUT2D eigenvalue weighted by Gasteiger charge is 2.48. The standard InChI is InChI=1S/C27H26N2O4/c1-5-33-22-12-11-19(15-18(22)4)25(30)23-24(20-8-6-7-13-28-20)29(27(32)26(23)31)21-14-16(2)9-10-17(21)3/h6-15,24,30H,5H2,1-4H3/b25-23-.